The number of amides is 1. The summed E-state index contributed by atoms with van der Waals surface area (Å²) in [7, 11) is 5.28. The van der Waals surface area contributed by atoms with Gasteiger partial charge < -0.3 is 29.5 Å². The van der Waals surface area contributed by atoms with E-state index < -0.39 is 17.7 Å². The molecule has 1 heterocycles. The van der Waals surface area contributed by atoms with Gasteiger partial charge in [0.15, 0.2) is 11.5 Å². The summed E-state index contributed by atoms with van der Waals surface area (Å²) >= 11 is 0. The van der Waals surface area contributed by atoms with Crippen molar-refractivity contribution in [3.63, 3.8) is 0 Å². The average Bonchev–Trinajstić information content (AvgIpc) is 3.07. The maximum absolute atomic E-state index is 13.1. The van der Waals surface area contributed by atoms with Crippen LogP contribution in [0.2, 0.25) is 0 Å². The van der Waals surface area contributed by atoms with E-state index in [1.54, 1.807) is 42.5 Å². The molecule has 2 aromatic carbocycles. The molecule has 180 valence electrons. The lowest BCUT2D eigenvalue weighted by molar-refractivity contribution is -0.139. The maximum atomic E-state index is 13.1. The highest BCUT2D eigenvalue weighted by Gasteiger charge is 2.46. The number of benzene rings is 2. The number of methoxy groups -OCH3 is 1. The molecule has 3 rings (SSSR count). The lowest BCUT2D eigenvalue weighted by Crippen LogP contribution is -2.32. The molecule has 0 saturated carbocycles. The number of hydrogen-bond acceptors (Lipinski definition) is 7. The number of hydrogen-bond donors (Lipinski definition) is 2. The molecule has 2 aromatic rings. The number of carbonyl (C=O) groups excluding carboxylic acids is 2. The van der Waals surface area contributed by atoms with Gasteiger partial charge in [-0.25, -0.2) is 0 Å². The van der Waals surface area contributed by atoms with Crippen LogP contribution in [0.4, 0.5) is 0 Å². The number of ketones is 1. The topological polar surface area (TPSA) is 99.5 Å². The lowest BCUT2D eigenvalue weighted by atomic mass is 9.95. The lowest BCUT2D eigenvalue weighted by Gasteiger charge is -2.26. The Morgan fingerprint density at radius 1 is 1.18 bits per heavy atom. The monoisotopic (exact) mass is 466 g/mol. The number of aromatic hydroxyl groups is 1. The second-order valence-electron chi connectivity index (χ2n) is 8.20. The summed E-state index contributed by atoms with van der Waals surface area (Å²) < 4.78 is 10.7. The highest BCUT2D eigenvalue weighted by Crippen LogP contribution is 2.41. The van der Waals surface area contributed by atoms with Crippen molar-refractivity contribution in [1.29, 1.82) is 0 Å². The molecule has 1 aliphatic heterocycles. The van der Waals surface area contributed by atoms with Crippen LogP contribution in [-0.2, 0) is 9.59 Å². The molecule has 0 spiro atoms. The van der Waals surface area contributed by atoms with Gasteiger partial charge in [0.1, 0.15) is 18.1 Å². The smallest absolute Gasteiger partial charge is 0.295 e. The number of carbonyl (C=O) groups is 2. The van der Waals surface area contributed by atoms with E-state index in [1.165, 1.54) is 18.1 Å². The molecule has 0 aliphatic carbocycles. The summed E-state index contributed by atoms with van der Waals surface area (Å²) in [6, 6.07) is 10.4. The van der Waals surface area contributed by atoms with Crippen molar-refractivity contribution in [2.45, 2.75) is 12.5 Å². The summed E-state index contributed by atoms with van der Waals surface area (Å²) in [5, 5.41) is 21.2. The Bertz CT molecular complexity index is 1090. The van der Waals surface area contributed by atoms with Crippen LogP contribution in [0.5, 0.6) is 17.2 Å². The van der Waals surface area contributed by atoms with Crippen molar-refractivity contribution in [3.05, 3.63) is 71.8 Å². The normalized spacial score (nSPS) is 17.3. The summed E-state index contributed by atoms with van der Waals surface area (Å²) in [5.41, 5.74) is 0.918. The standard InChI is InChI=1S/C26H30N2O6/c1-5-15-34-19-10-7-17(8-11-19)24(30)22-23(18-9-12-20(29)21(16-18)33-4)28(26(32)25(22)31)14-6-13-27(2)3/h5,7-12,16,23,29-30H,1,6,13-15H2,2-4H3/b24-22+/t23-/m1/s1. The molecule has 34 heavy (non-hydrogen) atoms. The van der Waals surface area contributed by atoms with Crippen LogP contribution in [0.15, 0.2) is 60.7 Å². The number of aliphatic hydroxyl groups is 1. The average molecular weight is 467 g/mol. The molecule has 1 fully saturated rings. The van der Waals surface area contributed by atoms with E-state index in [-0.39, 0.29) is 22.8 Å². The molecule has 8 heteroatoms. The van der Waals surface area contributed by atoms with Gasteiger partial charge in [0, 0.05) is 12.1 Å². The van der Waals surface area contributed by atoms with E-state index in [9.17, 15) is 19.8 Å². The third-order valence-electron chi connectivity index (χ3n) is 5.56. The quantitative estimate of drug-likeness (QED) is 0.240. The predicted molar refractivity (Wildman–Crippen MR) is 129 cm³/mol. The summed E-state index contributed by atoms with van der Waals surface area (Å²) in [5.74, 6) is -0.984. The Kier molecular flexibility index (Phi) is 7.96. The van der Waals surface area contributed by atoms with Crippen LogP contribution in [0, 0.1) is 0 Å². The predicted octanol–water partition coefficient (Wildman–Crippen LogP) is 3.34. The Labute approximate surface area is 199 Å². The minimum atomic E-state index is -0.826. The fraction of sp³-hybridized carbons (Fsp3) is 0.308. The Morgan fingerprint density at radius 3 is 2.50 bits per heavy atom. The van der Waals surface area contributed by atoms with Gasteiger partial charge >= 0.3 is 0 Å². The summed E-state index contributed by atoms with van der Waals surface area (Å²) in [4.78, 5) is 29.6. The minimum absolute atomic E-state index is 0.0117. The van der Waals surface area contributed by atoms with E-state index in [1.807, 2.05) is 19.0 Å². The highest BCUT2D eigenvalue weighted by atomic mass is 16.5. The third kappa shape index (κ3) is 5.23. The second-order valence-corrected chi connectivity index (χ2v) is 8.20. The van der Waals surface area contributed by atoms with Gasteiger partial charge in [-0.05, 0) is 69.0 Å². The van der Waals surface area contributed by atoms with Crippen LogP contribution >= 0.6 is 0 Å². The molecule has 1 aliphatic rings. The molecule has 0 unspecified atom stereocenters. The molecular formula is C26H30N2O6. The SMILES string of the molecule is C=CCOc1ccc(/C(O)=C2\C(=O)C(=O)N(CCCN(C)C)[C@@H]2c2ccc(O)c(OC)c2)cc1. The molecule has 0 radical (unpaired) electrons. The van der Waals surface area contributed by atoms with E-state index in [0.717, 1.165) is 6.54 Å². The van der Waals surface area contributed by atoms with Gasteiger partial charge in [-0.3, -0.25) is 9.59 Å². The van der Waals surface area contributed by atoms with Crippen LogP contribution < -0.4 is 9.47 Å². The van der Waals surface area contributed by atoms with E-state index in [4.69, 9.17) is 9.47 Å². The molecule has 1 amide bonds. The first-order chi connectivity index (χ1) is 16.3. The fourth-order valence-electron chi connectivity index (χ4n) is 3.90. The van der Waals surface area contributed by atoms with Crippen LogP contribution in [0.25, 0.3) is 5.76 Å². The van der Waals surface area contributed by atoms with Crippen molar-refractivity contribution >= 4 is 17.4 Å². The minimum Gasteiger partial charge on any atom is -0.507 e. The van der Waals surface area contributed by atoms with E-state index in [0.29, 0.717) is 36.4 Å². The van der Waals surface area contributed by atoms with Gasteiger partial charge in [0.05, 0.1) is 18.7 Å². The van der Waals surface area contributed by atoms with Crippen molar-refractivity contribution in [3.8, 4) is 17.2 Å². The maximum Gasteiger partial charge on any atom is 0.295 e. The molecule has 0 aromatic heterocycles. The zero-order valence-corrected chi connectivity index (χ0v) is 19.7. The van der Waals surface area contributed by atoms with Gasteiger partial charge in [0.2, 0.25) is 0 Å². The first-order valence-electron chi connectivity index (χ1n) is 10.9. The summed E-state index contributed by atoms with van der Waals surface area (Å²) in [6.45, 7) is 4.99. The number of aliphatic hydroxyl groups excluding tert-OH is 1. The van der Waals surface area contributed by atoms with Crippen molar-refractivity contribution in [2.24, 2.45) is 0 Å². The molecule has 8 nitrogen and oxygen atoms in total. The highest BCUT2D eigenvalue weighted by molar-refractivity contribution is 6.46. The zero-order valence-electron chi connectivity index (χ0n) is 19.7. The van der Waals surface area contributed by atoms with Crippen molar-refractivity contribution in [2.75, 3.05) is 40.9 Å². The number of phenols is 1. The summed E-state index contributed by atoms with van der Waals surface area (Å²) in [6.07, 6.45) is 2.26. The van der Waals surface area contributed by atoms with Crippen LogP contribution in [0.1, 0.15) is 23.6 Å². The van der Waals surface area contributed by atoms with E-state index >= 15 is 0 Å². The largest absolute Gasteiger partial charge is 0.507 e. The Morgan fingerprint density at radius 2 is 1.88 bits per heavy atom. The first kappa shape index (κ1) is 24.9. The molecule has 0 bridgehead atoms. The van der Waals surface area contributed by atoms with Crippen LogP contribution in [0.3, 0.4) is 0 Å². The number of Topliss-reactive ketones (excluding diaryl/α,β-unsaturated/α-hetero) is 1. The van der Waals surface area contributed by atoms with Gasteiger partial charge in [-0.15, -0.1) is 0 Å². The molecule has 2 N–H and O–H groups in total. The third-order valence-corrected chi connectivity index (χ3v) is 5.56. The van der Waals surface area contributed by atoms with Crippen molar-refractivity contribution in [1.82, 2.24) is 9.80 Å². The number of likely N-dealkylation sites (tertiary alicyclic amines) is 1. The van der Waals surface area contributed by atoms with Gasteiger partial charge in [-0.2, -0.15) is 0 Å². The first-order valence-corrected chi connectivity index (χ1v) is 10.9. The molecule has 1 atom stereocenters. The Hall–Kier alpha value is -3.78. The van der Waals surface area contributed by atoms with Gasteiger partial charge in [0.25, 0.3) is 11.7 Å². The van der Waals surface area contributed by atoms with Crippen LogP contribution in [-0.4, -0.2) is 72.6 Å². The van der Waals surface area contributed by atoms with E-state index in [2.05, 4.69) is 6.58 Å². The fourth-order valence-corrected chi connectivity index (χ4v) is 3.90. The number of nitrogens with zero attached hydrogens (tertiary/aromatic N) is 2. The number of rotatable bonds is 10. The van der Waals surface area contributed by atoms with Crippen molar-refractivity contribution < 1.29 is 29.3 Å². The second kappa shape index (κ2) is 10.9. The molecule has 1 saturated heterocycles. The number of ether oxygens (including phenoxy) is 2. The van der Waals surface area contributed by atoms with Gasteiger partial charge in [-0.1, -0.05) is 18.7 Å². The number of phenolic OH excluding ortho intramolecular Hbond substituents is 1. The molecular weight excluding hydrogens is 436 g/mol. The Balaban J connectivity index is 2.07. The zero-order chi connectivity index (χ0) is 24.8.